The van der Waals surface area contributed by atoms with E-state index in [1.807, 2.05) is 0 Å². The number of anilines is 3. The van der Waals surface area contributed by atoms with Gasteiger partial charge in [-0.05, 0) is 131 Å². The maximum absolute atomic E-state index is 11.0. The van der Waals surface area contributed by atoms with Gasteiger partial charge in [0.15, 0.2) is 0 Å². The molecule has 1 spiro atoms. The Morgan fingerprint density at radius 1 is 0.371 bits per heavy atom. The highest BCUT2D eigenvalue weighted by Gasteiger charge is 2.51. The Morgan fingerprint density at radius 3 is 1.53 bits per heavy atom. The van der Waals surface area contributed by atoms with Crippen LogP contribution in [0.1, 0.15) is 109 Å². The fraction of sp³-hybridized carbons (Fsp3) is 0.0588. The van der Waals surface area contributed by atoms with Crippen molar-refractivity contribution in [3.05, 3.63) is 269 Å². The average Bonchev–Trinajstić information content (AvgIpc) is 1.48. The van der Waals surface area contributed by atoms with Crippen LogP contribution in [0.25, 0.3) is 88.3 Å². The first-order valence-electron chi connectivity index (χ1n) is 43.3. The molecule has 12 aromatic rings. The molecule has 2 heteroatoms. The number of nitrogens with zero attached hydrogens (tertiary/aromatic N) is 1. The van der Waals surface area contributed by atoms with Crippen LogP contribution in [0, 0.1) is 0 Å². The zero-order valence-corrected chi connectivity index (χ0v) is 34.9. The monoisotopic (exact) mass is 937 g/mol. The van der Waals surface area contributed by atoms with Crippen LogP contribution in [-0.4, -0.2) is 0 Å². The average molecular weight is 937 g/mol. The van der Waals surface area contributed by atoms with Crippen molar-refractivity contribution in [1.82, 2.24) is 0 Å². The van der Waals surface area contributed by atoms with E-state index in [0.29, 0.717) is 0 Å². The maximum Gasteiger partial charge on any atom is 0.143 e. The zero-order valence-electron chi connectivity index (χ0n) is 79.9. The zero-order chi connectivity index (χ0) is 85.2. The van der Waals surface area contributed by atoms with Crippen molar-refractivity contribution in [3.63, 3.8) is 0 Å². The van der Waals surface area contributed by atoms with Crippen LogP contribution in [0.4, 0.5) is 17.1 Å². The van der Waals surface area contributed by atoms with Crippen LogP contribution < -0.4 is 4.90 Å². The van der Waals surface area contributed by atoms with Crippen LogP contribution in [0.15, 0.2) is 240 Å². The maximum atomic E-state index is 11.0. The Hall–Kier alpha value is -8.72. The standard InChI is InChI=1S/C68H45NO/c1-67(2)58-25-10-5-18-49(58)53-38-35-45(40-62(53)67)69(46-36-39-54-52-21-8-13-28-61(52)68(63(54)41-46)59-26-11-6-19-50(59)51-20-7-12-27-60(51)68)44-33-30-43(31-34-44)48-37-32-42-16-3-4-17-47(42)65(48)57-24-15-23-56-55-22-9-14-29-64(55)70-66(56)57/h3-41H,1-2H3/i1D3,2D3,3D,4D,5D,6D,7D,8D,9D,10D,11D,12D,13D,14D,15D,16D,17D,18D,19D,20D,21D,22D,23D,24D,25D,26D,27D,28D,29D,30D,31D,32D,33D,34D,35D,36D,37D,38D,39D,40D,41D. The van der Waals surface area contributed by atoms with Gasteiger partial charge < -0.3 is 9.32 Å². The van der Waals surface area contributed by atoms with Crippen molar-refractivity contribution >= 4 is 49.8 Å². The first kappa shape index (κ1) is 15.4. The summed E-state index contributed by atoms with van der Waals surface area (Å²) < 4.78 is 433. The summed E-state index contributed by atoms with van der Waals surface area (Å²) in [6.45, 7) is -8.48. The normalized spacial score (nSPS) is 23.5. The highest BCUT2D eigenvalue weighted by Crippen LogP contribution is 2.63. The summed E-state index contributed by atoms with van der Waals surface area (Å²) in [6.07, 6.45) is 0. The van der Waals surface area contributed by atoms with Crippen LogP contribution in [0.2, 0.25) is 0 Å². The molecule has 3 aliphatic carbocycles. The summed E-state index contributed by atoms with van der Waals surface area (Å²) in [5.74, 6) is 0. The minimum Gasteiger partial charge on any atom is -0.455 e. The van der Waals surface area contributed by atoms with Crippen molar-refractivity contribution in [3.8, 4) is 55.6 Å². The van der Waals surface area contributed by atoms with Gasteiger partial charge in [-0.15, -0.1) is 0 Å². The third-order valence-electron chi connectivity index (χ3n) is 12.6. The number of hydrogen-bond donors (Lipinski definition) is 0. The van der Waals surface area contributed by atoms with E-state index in [1.165, 1.54) is 0 Å². The van der Waals surface area contributed by atoms with E-state index in [1.54, 1.807) is 0 Å². The number of fused-ring (bicyclic) bond motifs is 17. The smallest absolute Gasteiger partial charge is 0.143 e. The molecule has 0 bridgehead atoms. The topological polar surface area (TPSA) is 16.4 Å². The Morgan fingerprint density at radius 2 is 0.857 bits per heavy atom. The fourth-order valence-corrected chi connectivity index (χ4v) is 9.68. The number of benzene rings is 11. The molecular weight excluding hydrogens is 847 g/mol. The predicted molar refractivity (Wildman–Crippen MR) is 291 cm³/mol. The molecule has 15 rings (SSSR count). The van der Waals surface area contributed by atoms with Crippen molar-refractivity contribution in [2.75, 3.05) is 4.90 Å². The molecule has 11 aromatic carbocycles. The number of para-hydroxylation sites is 2. The number of hydrogen-bond acceptors (Lipinski definition) is 2. The second kappa shape index (κ2) is 14.4. The molecule has 0 atom stereocenters. The van der Waals surface area contributed by atoms with Gasteiger partial charge in [0.25, 0.3) is 0 Å². The molecule has 0 unspecified atom stereocenters. The first-order chi connectivity index (χ1) is 53.2. The van der Waals surface area contributed by atoms with Crippen LogP contribution >= 0.6 is 0 Å². The molecule has 1 heterocycles. The number of rotatable bonds is 5. The minimum atomic E-state index is -4.24. The lowest BCUT2D eigenvalue weighted by Gasteiger charge is -2.32. The summed E-state index contributed by atoms with van der Waals surface area (Å²) in [7, 11) is 0. The van der Waals surface area contributed by atoms with Crippen LogP contribution in [-0.2, 0) is 10.8 Å². The summed E-state index contributed by atoms with van der Waals surface area (Å²) >= 11 is 0. The molecule has 328 valence electrons. The van der Waals surface area contributed by atoms with Gasteiger partial charge in [0, 0.05) is 52.6 Å². The molecule has 0 saturated heterocycles. The highest BCUT2D eigenvalue weighted by molar-refractivity contribution is 6.15. The molecule has 0 amide bonds. The first-order valence-corrected chi connectivity index (χ1v) is 20.8. The minimum absolute atomic E-state index is 0.0357. The molecule has 0 N–H and O–H groups in total. The Kier molecular flexibility index (Phi) is 3.17. The van der Waals surface area contributed by atoms with Gasteiger partial charge in [-0.25, -0.2) is 0 Å². The van der Waals surface area contributed by atoms with Crippen molar-refractivity contribution < 1.29 is 66.1 Å². The van der Waals surface area contributed by atoms with E-state index in [0.717, 1.165) is 0 Å². The summed E-state index contributed by atoms with van der Waals surface area (Å²) in [5.41, 5.74) is -30.8. The highest BCUT2D eigenvalue weighted by atomic mass is 16.3. The molecule has 0 radical (unpaired) electrons. The second-order valence-electron chi connectivity index (χ2n) is 16.0. The largest absolute Gasteiger partial charge is 0.455 e. The Labute approximate surface area is 470 Å². The SMILES string of the molecule is [2H]c1c([2H])c([2H])c2c(c1[2H])-c1c([2H])c([2H])c([2H])c([2H])c1C21c2c([2H])c([2H])c([2H])c([2H])c2-c2c([2H])c([2H])c(N(c3c([2H])c([2H])c(-c4c([2H])c([2H])c5c([2H])c([2H])c([2H])c([2H])c5c4-c4c([2H])c([2H])c([2H])c5c4oc4c([2H])c([2H])c([2H])c([2H])c45)c([2H])c3[2H])c3c([2H])c([2H])c4c(c3[2H])C(C([2H])([2H])[2H])(C([2H])([2H])[2H])c3c([2H])c([2H])c([2H])c([2H])c3-4)c([2H])c21. The quantitative estimate of drug-likeness (QED) is 0.171. The van der Waals surface area contributed by atoms with E-state index < -0.39 is 399 Å². The van der Waals surface area contributed by atoms with Crippen molar-refractivity contribution in [2.45, 2.75) is 24.5 Å². The lowest BCUT2D eigenvalue weighted by Crippen LogP contribution is -2.26. The van der Waals surface area contributed by atoms with Crippen molar-refractivity contribution in [2.24, 2.45) is 0 Å². The molecule has 70 heavy (non-hydrogen) atoms. The molecule has 0 fully saturated rings. The van der Waals surface area contributed by atoms with Gasteiger partial charge in [0.05, 0.1) is 58.9 Å². The van der Waals surface area contributed by atoms with Gasteiger partial charge in [-0.2, -0.15) is 0 Å². The molecule has 0 aliphatic heterocycles. The predicted octanol–water partition coefficient (Wildman–Crippen LogP) is 18.2. The number of furan rings is 1. The van der Waals surface area contributed by atoms with Crippen LogP contribution in [0.3, 0.4) is 0 Å². The Balaban J connectivity index is 1.20. The molecule has 2 nitrogen and oxygen atoms in total. The second-order valence-corrected chi connectivity index (χ2v) is 16.0. The van der Waals surface area contributed by atoms with Gasteiger partial charge in [0.1, 0.15) is 11.2 Å². The van der Waals surface area contributed by atoms with Crippen molar-refractivity contribution in [1.29, 1.82) is 0 Å². The summed E-state index contributed by atoms with van der Waals surface area (Å²) in [5, 5.41) is -3.14. The van der Waals surface area contributed by atoms with E-state index in [9.17, 15) is 45.2 Å². The van der Waals surface area contributed by atoms with Gasteiger partial charge >= 0.3 is 0 Å². The third kappa shape index (κ3) is 5.23. The van der Waals surface area contributed by atoms with Gasteiger partial charge in [-0.3, -0.25) is 0 Å². The summed E-state index contributed by atoms with van der Waals surface area (Å²) in [6, 6.07) is -48.9. The molecular formula is C68H45NO. The van der Waals surface area contributed by atoms with E-state index in [2.05, 4.69) is 0 Å². The van der Waals surface area contributed by atoms with E-state index >= 15 is 0 Å². The lowest BCUT2D eigenvalue weighted by molar-refractivity contribution is 0.660. The molecule has 1 aromatic heterocycles. The molecule has 0 saturated carbocycles. The molecule has 3 aliphatic rings. The summed E-state index contributed by atoms with van der Waals surface area (Å²) in [4.78, 5) is 0.0357. The van der Waals surface area contributed by atoms with E-state index in [-0.39, 0.29) is 4.90 Å². The third-order valence-corrected chi connectivity index (χ3v) is 12.6. The van der Waals surface area contributed by atoms with E-state index in [4.69, 9.17) is 20.9 Å². The van der Waals surface area contributed by atoms with Gasteiger partial charge in [0.2, 0.25) is 0 Å². The van der Waals surface area contributed by atoms with Crippen LogP contribution in [0.5, 0.6) is 0 Å². The Bertz CT molecular complexity index is 6600. The fourth-order valence-electron chi connectivity index (χ4n) is 9.68. The van der Waals surface area contributed by atoms with Gasteiger partial charge in [-0.1, -0.05) is 207 Å². The lowest BCUT2D eigenvalue weighted by atomic mass is 9.70.